The predicted octanol–water partition coefficient (Wildman–Crippen LogP) is 8.36. The fourth-order valence-electron chi connectivity index (χ4n) is 4.56. The lowest BCUT2D eigenvalue weighted by Gasteiger charge is -2.14. The summed E-state index contributed by atoms with van der Waals surface area (Å²) in [7, 11) is 2.34. The number of aryl methyl sites for hydroxylation is 2. The molecule has 4 aromatic rings. The maximum atomic E-state index is 12.2. The molecule has 54 heavy (non-hydrogen) atoms. The highest BCUT2D eigenvalue weighted by molar-refractivity contribution is 5.95. The minimum absolute atomic E-state index is 0.0527. The number of aliphatic carboxylic acids is 2. The molecule has 0 unspecified atom stereocenters. The molecule has 0 aliphatic heterocycles. The number of alkyl halides is 6. The van der Waals surface area contributed by atoms with Gasteiger partial charge in [0.2, 0.25) is 0 Å². The predicted molar refractivity (Wildman–Crippen MR) is 174 cm³/mol. The lowest BCUT2D eigenvalue weighted by molar-refractivity contribution is -0.275. The van der Waals surface area contributed by atoms with E-state index < -0.39 is 48.1 Å². The van der Waals surface area contributed by atoms with Crippen LogP contribution >= 0.6 is 0 Å². The van der Waals surface area contributed by atoms with Gasteiger partial charge in [0, 0.05) is 12.8 Å². The monoisotopic (exact) mass is 768 g/mol. The third kappa shape index (κ3) is 13.6. The highest BCUT2D eigenvalue weighted by atomic mass is 19.4. The molecule has 0 aliphatic rings. The Labute approximate surface area is 302 Å². The van der Waals surface area contributed by atoms with Gasteiger partial charge in [-0.25, -0.2) is 9.59 Å². The minimum atomic E-state index is -4.81. The topological polar surface area (TPSA) is 164 Å². The van der Waals surface area contributed by atoms with Crippen molar-refractivity contribution in [3.8, 4) is 34.5 Å². The molecule has 2 N–H and O–H groups in total. The van der Waals surface area contributed by atoms with Gasteiger partial charge in [0.25, 0.3) is 0 Å². The third-order valence-electron chi connectivity index (χ3n) is 6.79. The number of halogens is 6. The van der Waals surface area contributed by atoms with E-state index in [1.807, 2.05) is 0 Å². The van der Waals surface area contributed by atoms with E-state index in [4.69, 9.17) is 29.2 Å². The Hall–Kier alpha value is -6.46. The Morgan fingerprint density at radius 2 is 0.833 bits per heavy atom. The van der Waals surface area contributed by atoms with Crippen molar-refractivity contribution >= 4 is 23.9 Å². The SMILES string of the molecule is COC(=O)c1c(CCC(=O)O)cccc1Oc1ccc(OC(F)(F)F)cc1.COC(=O)c1c(CCC(=O)O)cccc1Oc1ccc(OC(F)(F)F)cc1. The van der Waals surface area contributed by atoms with E-state index in [1.54, 1.807) is 24.3 Å². The van der Waals surface area contributed by atoms with Gasteiger partial charge in [-0.3, -0.25) is 9.59 Å². The van der Waals surface area contributed by atoms with Crippen LogP contribution in [-0.2, 0) is 31.9 Å². The Morgan fingerprint density at radius 1 is 0.519 bits per heavy atom. The van der Waals surface area contributed by atoms with Gasteiger partial charge in [0.05, 0.1) is 14.2 Å². The summed E-state index contributed by atoms with van der Waals surface area (Å²) in [5.41, 5.74) is 0.936. The van der Waals surface area contributed by atoms with Crippen LogP contribution < -0.4 is 18.9 Å². The van der Waals surface area contributed by atoms with Crippen molar-refractivity contribution in [2.75, 3.05) is 14.2 Å². The zero-order valence-electron chi connectivity index (χ0n) is 28.2. The molecule has 18 heteroatoms. The van der Waals surface area contributed by atoms with Crippen molar-refractivity contribution < 1.29 is 84.2 Å². The number of rotatable bonds is 14. The van der Waals surface area contributed by atoms with E-state index in [2.05, 4.69) is 9.47 Å². The van der Waals surface area contributed by atoms with Gasteiger partial charge in [0.15, 0.2) is 0 Å². The quantitative estimate of drug-likeness (QED) is 0.0932. The molecule has 0 radical (unpaired) electrons. The molecule has 0 aliphatic carbocycles. The summed E-state index contributed by atoms with van der Waals surface area (Å²) >= 11 is 0. The Bertz CT molecular complexity index is 1770. The van der Waals surface area contributed by atoms with Gasteiger partial charge in [-0.05, 0) is 84.6 Å². The van der Waals surface area contributed by atoms with Crippen LogP contribution in [0.4, 0.5) is 26.3 Å². The van der Waals surface area contributed by atoms with Crippen LogP contribution in [-0.4, -0.2) is 61.0 Å². The minimum Gasteiger partial charge on any atom is -0.481 e. The number of benzene rings is 4. The first kappa shape index (κ1) is 42.0. The van der Waals surface area contributed by atoms with Crippen molar-refractivity contribution in [3.63, 3.8) is 0 Å². The average molecular weight is 769 g/mol. The molecule has 4 rings (SSSR count). The number of ether oxygens (including phenoxy) is 6. The molecule has 0 amide bonds. The first-order valence-corrected chi connectivity index (χ1v) is 15.3. The largest absolute Gasteiger partial charge is 0.573 e. The molecule has 0 bridgehead atoms. The highest BCUT2D eigenvalue weighted by Gasteiger charge is 2.32. The first-order chi connectivity index (χ1) is 25.4. The normalized spacial score (nSPS) is 11.0. The fourth-order valence-corrected chi connectivity index (χ4v) is 4.56. The van der Waals surface area contributed by atoms with Gasteiger partial charge in [-0.1, -0.05) is 24.3 Å². The summed E-state index contributed by atoms with van der Waals surface area (Å²) in [5.74, 6) is -3.84. The zero-order valence-corrected chi connectivity index (χ0v) is 28.2. The van der Waals surface area contributed by atoms with Gasteiger partial charge in [-0.2, -0.15) is 0 Å². The van der Waals surface area contributed by atoms with Crippen molar-refractivity contribution in [1.82, 2.24) is 0 Å². The molecule has 0 saturated heterocycles. The first-order valence-electron chi connectivity index (χ1n) is 15.3. The number of esters is 2. The summed E-state index contributed by atoms with van der Waals surface area (Å²) in [5, 5.41) is 17.7. The number of carboxylic acid groups (broad SMARTS) is 2. The van der Waals surface area contributed by atoms with Gasteiger partial charge < -0.3 is 38.6 Å². The molecule has 0 spiro atoms. The second kappa shape index (κ2) is 18.9. The van der Waals surface area contributed by atoms with E-state index in [-0.39, 0.29) is 59.8 Å². The third-order valence-corrected chi connectivity index (χ3v) is 6.79. The molecule has 288 valence electrons. The fraction of sp³-hybridized carbons (Fsp3) is 0.222. The van der Waals surface area contributed by atoms with Crippen molar-refractivity contribution in [3.05, 3.63) is 107 Å². The Morgan fingerprint density at radius 3 is 1.11 bits per heavy atom. The smallest absolute Gasteiger partial charge is 0.481 e. The maximum absolute atomic E-state index is 12.2. The van der Waals surface area contributed by atoms with Crippen molar-refractivity contribution in [2.45, 2.75) is 38.4 Å². The number of methoxy groups -OCH3 is 2. The van der Waals surface area contributed by atoms with Crippen molar-refractivity contribution in [1.29, 1.82) is 0 Å². The van der Waals surface area contributed by atoms with Crippen LogP contribution in [0, 0.1) is 0 Å². The standard InChI is InChI=1S/2C18H15F3O6/c2*1-25-17(24)16-11(5-10-15(22)23)3-2-4-14(16)26-12-6-8-13(9-7-12)27-18(19,20)21/h2*2-4,6-9H,5,10H2,1H3,(H,22,23). The lowest BCUT2D eigenvalue weighted by Crippen LogP contribution is -2.16. The van der Waals surface area contributed by atoms with E-state index in [1.165, 1.54) is 50.6 Å². The van der Waals surface area contributed by atoms with Crippen LogP contribution in [0.3, 0.4) is 0 Å². The maximum Gasteiger partial charge on any atom is 0.573 e. The van der Waals surface area contributed by atoms with Gasteiger partial charge >= 0.3 is 36.6 Å². The number of carboxylic acids is 2. The summed E-state index contributed by atoms with van der Waals surface area (Å²) in [4.78, 5) is 45.8. The average Bonchev–Trinajstić information content (AvgIpc) is 3.10. The van der Waals surface area contributed by atoms with Crippen LogP contribution in [0.25, 0.3) is 0 Å². The molecular weight excluding hydrogens is 738 g/mol. The van der Waals surface area contributed by atoms with Crippen LogP contribution in [0.2, 0.25) is 0 Å². The van der Waals surface area contributed by atoms with Crippen LogP contribution in [0.5, 0.6) is 34.5 Å². The number of carbonyl (C=O) groups excluding carboxylic acids is 2. The van der Waals surface area contributed by atoms with E-state index >= 15 is 0 Å². The van der Waals surface area contributed by atoms with Crippen LogP contribution in [0.1, 0.15) is 44.7 Å². The van der Waals surface area contributed by atoms with Gasteiger partial charge in [0.1, 0.15) is 45.6 Å². The molecule has 12 nitrogen and oxygen atoms in total. The summed E-state index contributed by atoms with van der Waals surface area (Å²) in [6.45, 7) is 0. The lowest BCUT2D eigenvalue weighted by atomic mass is 10.0. The second-order valence-electron chi connectivity index (χ2n) is 10.6. The van der Waals surface area contributed by atoms with Gasteiger partial charge in [-0.15, -0.1) is 26.3 Å². The Balaban J connectivity index is 0.000000290. The summed E-state index contributed by atoms with van der Waals surface area (Å²) in [6.07, 6.45) is -9.85. The molecular formula is C36H30F6O12. The zero-order chi connectivity index (χ0) is 40.1. The summed E-state index contributed by atoms with van der Waals surface area (Å²) in [6, 6.07) is 18.4. The number of hydrogen-bond donors (Lipinski definition) is 2. The van der Waals surface area contributed by atoms with Crippen LogP contribution in [0.15, 0.2) is 84.9 Å². The van der Waals surface area contributed by atoms with E-state index in [9.17, 15) is 45.5 Å². The van der Waals surface area contributed by atoms with E-state index in [0.29, 0.717) is 11.1 Å². The molecule has 0 fully saturated rings. The molecule has 0 saturated carbocycles. The molecule has 0 heterocycles. The molecule has 0 atom stereocenters. The summed E-state index contributed by atoms with van der Waals surface area (Å²) < 4.78 is 101. The molecule has 4 aromatic carbocycles. The second-order valence-corrected chi connectivity index (χ2v) is 10.6. The number of carbonyl (C=O) groups is 4. The number of hydrogen-bond acceptors (Lipinski definition) is 10. The Kier molecular flexibility index (Phi) is 14.7. The van der Waals surface area contributed by atoms with Crippen molar-refractivity contribution in [2.24, 2.45) is 0 Å². The molecule has 0 aromatic heterocycles. The van der Waals surface area contributed by atoms with E-state index in [0.717, 1.165) is 24.3 Å². The highest BCUT2D eigenvalue weighted by Crippen LogP contribution is 2.33.